The first-order valence-electron chi connectivity index (χ1n) is 6.25. The molecule has 0 unspecified atom stereocenters. The van der Waals surface area contributed by atoms with Crippen LogP contribution < -0.4 is 5.32 Å². The topological polar surface area (TPSA) is 95.7 Å². The second kappa shape index (κ2) is 6.33. The summed E-state index contributed by atoms with van der Waals surface area (Å²) in [7, 11) is 0. The molecular weight excluding hydrogens is 262 g/mol. The van der Waals surface area contributed by atoms with Crippen LogP contribution in [-0.4, -0.2) is 39.7 Å². The number of urea groups is 1. The number of benzene rings is 1. The van der Waals surface area contributed by atoms with Crippen LogP contribution in [0.3, 0.4) is 0 Å². The summed E-state index contributed by atoms with van der Waals surface area (Å²) in [6.45, 7) is 5.60. The van der Waals surface area contributed by atoms with Crippen molar-refractivity contribution in [2.75, 3.05) is 18.4 Å². The molecule has 1 rings (SSSR count). The Hall–Kier alpha value is -2.15. The van der Waals surface area contributed by atoms with Crippen LogP contribution in [-0.2, 0) is 0 Å². The van der Waals surface area contributed by atoms with E-state index in [9.17, 15) is 20.0 Å². The molecule has 1 aromatic rings. The van der Waals surface area contributed by atoms with E-state index in [-0.39, 0.29) is 12.2 Å². The van der Waals surface area contributed by atoms with E-state index in [0.29, 0.717) is 12.2 Å². The van der Waals surface area contributed by atoms with Gasteiger partial charge in [-0.05, 0) is 26.8 Å². The van der Waals surface area contributed by atoms with Crippen molar-refractivity contribution < 1.29 is 14.8 Å². The highest BCUT2D eigenvalue weighted by Crippen LogP contribution is 2.17. The summed E-state index contributed by atoms with van der Waals surface area (Å²) >= 11 is 0. The normalized spacial score (nSPS) is 11.0. The van der Waals surface area contributed by atoms with Crippen molar-refractivity contribution in [3.05, 3.63) is 34.4 Å². The second-order valence-corrected chi connectivity index (χ2v) is 5.06. The first-order valence-corrected chi connectivity index (χ1v) is 6.25. The Kier molecular flexibility index (Phi) is 5.04. The van der Waals surface area contributed by atoms with Crippen LogP contribution >= 0.6 is 0 Å². The van der Waals surface area contributed by atoms with Crippen LogP contribution in [0.4, 0.5) is 16.2 Å². The van der Waals surface area contributed by atoms with Crippen molar-refractivity contribution in [1.29, 1.82) is 0 Å². The van der Waals surface area contributed by atoms with Gasteiger partial charge in [0.15, 0.2) is 0 Å². The van der Waals surface area contributed by atoms with Crippen molar-refractivity contribution in [1.82, 2.24) is 4.90 Å². The maximum absolute atomic E-state index is 12.0. The van der Waals surface area contributed by atoms with Gasteiger partial charge in [-0.25, -0.2) is 4.79 Å². The van der Waals surface area contributed by atoms with Crippen molar-refractivity contribution in [2.24, 2.45) is 0 Å². The maximum Gasteiger partial charge on any atom is 0.321 e. The Labute approximate surface area is 117 Å². The largest absolute Gasteiger partial charge is 0.389 e. The van der Waals surface area contributed by atoms with E-state index < -0.39 is 16.6 Å². The summed E-state index contributed by atoms with van der Waals surface area (Å²) in [5.74, 6) is 0. The van der Waals surface area contributed by atoms with Crippen LogP contribution in [0.1, 0.15) is 20.8 Å². The molecule has 7 nitrogen and oxygen atoms in total. The van der Waals surface area contributed by atoms with E-state index in [1.54, 1.807) is 26.8 Å². The molecule has 0 aromatic heterocycles. The van der Waals surface area contributed by atoms with E-state index in [1.807, 2.05) is 0 Å². The average molecular weight is 281 g/mol. The Balaban J connectivity index is 2.78. The van der Waals surface area contributed by atoms with Gasteiger partial charge in [0, 0.05) is 24.4 Å². The third-order valence-corrected chi connectivity index (χ3v) is 2.55. The van der Waals surface area contributed by atoms with Crippen molar-refractivity contribution in [2.45, 2.75) is 26.4 Å². The zero-order valence-electron chi connectivity index (χ0n) is 11.8. The maximum atomic E-state index is 12.0. The number of hydrogen-bond donors (Lipinski definition) is 2. The van der Waals surface area contributed by atoms with E-state index in [1.165, 1.54) is 23.1 Å². The Bertz CT molecular complexity index is 497. The van der Waals surface area contributed by atoms with Gasteiger partial charge >= 0.3 is 6.03 Å². The Morgan fingerprint density at radius 3 is 2.65 bits per heavy atom. The van der Waals surface area contributed by atoms with E-state index >= 15 is 0 Å². The molecule has 0 aliphatic heterocycles. The number of rotatable bonds is 5. The molecule has 2 N–H and O–H groups in total. The van der Waals surface area contributed by atoms with Crippen LogP contribution in [0, 0.1) is 10.1 Å². The van der Waals surface area contributed by atoms with Gasteiger partial charge in [0.1, 0.15) is 0 Å². The lowest BCUT2D eigenvalue weighted by atomic mass is 10.1. The molecule has 0 spiro atoms. The van der Waals surface area contributed by atoms with Gasteiger partial charge < -0.3 is 15.3 Å². The number of non-ortho nitro benzene ring substituents is 1. The van der Waals surface area contributed by atoms with Crippen LogP contribution in [0.2, 0.25) is 0 Å². The molecule has 0 aliphatic rings. The molecule has 0 aliphatic carbocycles. The van der Waals surface area contributed by atoms with Gasteiger partial charge in [-0.3, -0.25) is 10.1 Å². The minimum Gasteiger partial charge on any atom is -0.389 e. The van der Waals surface area contributed by atoms with Crippen molar-refractivity contribution in [3.63, 3.8) is 0 Å². The summed E-state index contributed by atoms with van der Waals surface area (Å²) in [4.78, 5) is 23.6. The van der Waals surface area contributed by atoms with E-state index in [4.69, 9.17) is 0 Å². The number of amides is 2. The molecule has 0 heterocycles. The fourth-order valence-corrected chi connectivity index (χ4v) is 1.69. The predicted molar refractivity (Wildman–Crippen MR) is 75.7 cm³/mol. The lowest BCUT2D eigenvalue weighted by molar-refractivity contribution is -0.384. The van der Waals surface area contributed by atoms with Crippen molar-refractivity contribution in [3.8, 4) is 0 Å². The summed E-state index contributed by atoms with van der Waals surface area (Å²) in [6, 6.07) is 5.30. The number of likely N-dealkylation sites (N-methyl/N-ethyl adjacent to an activating group) is 1. The Morgan fingerprint density at radius 2 is 2.15 bits per heavy atom. The standard InChI is InChI=1S/C13H19N3O4/c1-4-15(9-13(2,3)18)12(17)14-10-6-5-7-11(8-10)16(19)20/h5-8,18H,4,9H2,1-3H3,(H,14,17). The molecule has 20 heavy (non-hydrogen) atoms. The minimum atomic E-state index is -1.00. The summed E-state index contributed by atoms with van der Waals surface area (Å²) < 4.78 is 0. The molecule has 0 radical (unpaired) electrons. The number of hydrogen-bond acceptors (Lipinski definition) is 4. The quantitative estimate of drug-likeness (QED) is 0.639. The SMILES string of the molecule is CCN(CC(C)(C)O)C(=O)Nc1cccc([N+](=O)[O-])c1. The first-order chi connectivity index (χ1) is 9.23. The molecule has 2 amide bonds. The summed E-state index contributed by atoms with van der Waals surface area (Å²) in [6.07, 6.45) is 0. The number of carbonyl (C=O) groups is 1. The number of aliphatic hydroxyl groups is 1. The minimum absolute atomic E-state index is 0.0895. The number of carbonyl (C=O) groups excluding carboxylic acids is 1. The number of nitrogens with one attached hydrogen (secondary N) is 1. The monoisotopic (exact) mass is 281 g/mol. The van der Waals surface area contributed by atoms with Gasteiger partial charge in [0.25, 0.3) is 5.69 Å². The average Bonchev–Trinajstić information content (AvgIpc) is 2.35. The van der Waals surface area contributed by atoms with Crippen LogP contribution in [0.25, 0.3) is 0 Å². The van der Waals surface area contributed by atoms with Gasteiger partial charge in [0.2, 0.25) is 0 Å². The van der Waals surface area contributed by atoms with Gasteiger partial charge in [-0.15, -0.1) is 0 Å². The zero-order valence-corrected chi connectivity index (χ0v) is 11.8. The Morgan fingerprint density at radius 1 is 1.50 bits per heavy atom. The zero-order chi connectivity index (χ0) is 15.3. The summed E-state index contributed by atoms with van der Waals surface area (Å²) in [5, 5.41) is 23.0. The number of nitrogens with zero attached hydrogens (tertiary/aromatic N) is 2. The lowest BCUT2D eigenvalue weighted by Crippen LogP contribution is -2.44. The number of anilines is 1. The third kappa shape index (κ3) is 4.85. The van der Waals surface area contributed by atoms with Crippen molar-refractivity contribution >= 4 is 17.4 Å². The predicted octanol–water partition coefficient (Wildman–Crippen LogP) is 2.22. The van der Waals surface area contributed by atoms with E-state index in [2.05, 4.69) is 5.32 Å². The molecule has 0 fully saturated rings. The molecule has 1 aromatic carbocycles. The van der Waals surface area contributed by atoms with E-state index in [0.717, 1.165) is 0 Å². The van der Waals surface area contributed by atoms with Gasteiger partial charge in [-0.1, -0.05) is 6.07 Å². The first kappa shape index (κ1) is 15.9. The summed E-state index contributed by atoms with van der Waals surface area (Å²) in [5.41, 5.74) is -0.748. The fraction of sp³-hybridized carbons (Fsp3) is 0.462. The molecule has 0 saturated heterocycles. The lowest BCUT2D eigenvalue weighted by Gasteiger charge is -2.28. The highest BCUT2D eigenvalue weighted by Gasteiger charge is 2.21. The fourth-order valence-electron chi connectivity index (χ4n) is 1.69. The highest BCUT2D eigenvalue weighted by atomic mass is 16.6. The van der Waals surface area contributed by atoms with Gasteiger partial charge in [-0.2, -0.15) is 0 Å². The number of nitro groups is 1. The molecule has 0 bridgehead atoms. The van der Waals surface area contributed by atoms with Crippen LogP contribution in [0.5, 0.6) is 0 Å². The van der Waals surface area contributed by atoms with Crippen LogP contribution in [0.15, 0.2) is 24.3 Å². The number of nitro benzene ring substituents is 1. The molecule has 7 heteroatoms. The highest BCUT2D eigenvalue weighted by molar-refractivity contribution is 5.89. The molecule has 110 valence electrons. The molecule has 0 atom stereocenters. The molecular formula is C13H19N3O4. The van der Waals surface area contributed by atoms with Gasteiger partial charge in [0.05, 0.1) is 17.1 Å². The molecule has 0 saturated carbocycles. The second-order valence-electron chi connectivity index (χ2n) is 5.06. The smallest absolute Gasteiger partial charge is 0.321 e. The third-order valence-electron chi connectivity index (χ3n) is 2.55.